The van der Waals surface area contributed by atoms with Crippen molar-refractivity contribution in [1.29, 1.82) is 0 Å². The highest BCUT2D eigenvalue weighted by molar-refractivity contribution is 6.06. The summed E-state index contributed by atoms with van der Waals surface area (Å²) in [6.45, 7) is 5.95. The molecule has 9 heteroatoms. The van der Waals surface area contributed by atoms with Gasteiger partial charge in [-0.2, -0.15) is 5.10 Å². The summed E-state index contributed by atoms with van der Waals surface area (Å²) in [5.41, 5.74) is 16.6. The van der Waals surface area contributed by atoms with Crippen molar-refractivity contribution >= 4 is 17.4 Å². The van der Waals surface area contributed by atoms with Crippen molar-refractivity contribution in [2.45, 2.75) is 39.5 Å². The number of aromatic nitrogens is 3. The molecule has 41 heavy (non-hydrogen) atoms. The molecule has 1 aliphatic heterocycles. The fraction of sp³-hybridized carbons (Fsp3) is 0.219. The molecular formula is C32H32N6O3. The third-order valence-corrected chi connectivity index (χ3v) is 7.83. The van der Waals surface area contributed by atoms with Crippen LogP contribution in [0, 0.1) is 12.3 Å². The molecule has 6 rings (SSSR count). The lowest BCUT2D eigenvalue weighted by molar-refractivity contribution is -0.118. The number of phenols is 1. The zero-order valence-corrected chi connectivity index (χ0v) is 23.2. The maximum Gasteiger partial charge on any atom is 0.249 e. The number of allylic oxidation sites excluding steroid dienone is 2. The van der Waals surface area contributed by atoms with E-state index in [-0.39, 0.29) is 28.3 Å². The van der Waals surface area contributed by atoms with Crippen LogP contribution < -0.4 is 16.4 Å². The van der Waals surface area contributed by atoms with Gasteiger partial charge in [-0.25, -0.2) is 4.68 Å². The summed E-state index contributed by atoms with van der Waals surface area (Å²) in [5, 5.41) is 15.2. The number of rotatable bonds is 5. The number of benzene rings is 2. The molecule has 1 atom stereocenters. The highest BCUT2D eigenvalue weighted by Gasteiger charge is 2.47. The zero-order valence-electron chi connectivity index (χ0n) is 23.2. The number of hydrogen-bond donors (Lipinski definition) is 3. The van der Waals surface area contributed by atoms with Gasteiger partial charge in [0.25, 0.3) is 0 Å². The van der Waals surface area contributed by atoms with Gasteiger partial charge in [-0.3, -0.25) is 14.5 Å². The first-order valence-electron chi connectivity index (χ1n) is 13.5. The van der Waals surface area contributed by atoms with Crippen LogP contribution in [-0.4, -0.2) is 31.1 Å². The molecule has 1 aliphatic carbocycles. The fourth-order valence-electron chi connectivity index (χ4n) is 6.21. The Balaban J connectivity index is 1.70. The number of nitrogens with two attached hydrogens (primary N) is 2. The Morgan fingerprint density at radius 3 is 2.34 bits per heavy atom. The van der Waals surface area contributed by atoms with Gasteiger partial charge in [-0.15, -0.1) is 0 Å². The first-order valence-corrected chi connectivity index (χ1v) is 13.5. The normalized spacial score (nSPS) is 18.6. The number of para-hydroxylation sites is 1. The van der Waals surface area contributed by atoms with E-state index in [0.29, 0.717) is 46.9 Å². The molecule has 2 aromatic carbocycles. The SMILES string of the molecule is Cc1nn(-c2ccccc2)c(-n2cccc2)c1C1C(C(N)=O)=C(N)N(c2cccc(O)c2)C2=C1C(=O)CC(C)(C)C2. The minimum absolute atomic E-state index is 0.0384. The third-order valence-electron chi connectivity index (χ3n) is 7.83. The Kier molecular flexibility index (Phi) is 6.10. The molecule has 2 aliphatic rings. The molecule has 0 spiro atoms. The third kappa shape index (κ3) is 4.30. The average Bonchev–Trinajstić information content (AvgIpc) is 3.55. The first kappa shape index (κ1) is 26.2. The Labute approximate surface area is 238 Å². The fourth-order valence-corrected chi connectivity index (χ4v) is 6.21. The molecule has 0 saturated heterocycles. The van der Waals surface area contributed by atoms with Crippen molar-refractivity contribution in [3.8, 4) is 17.3 Å². The largest absolute Gasteiger partial charge is 0.508 e. The van der Waals surface area contributed by atoms with Crippen LogP contribution in [0.3, 0.4) is 0 Å². The van der Waals surface area contributed by atoms with Gasteiger partial charge in [-0.1, -0.05) is 38.1 Å². The van der Waals surface area contributed by atoms with Crippen LogP contribution >= 0.6 is 0 Å². The summed E-state index contributed by atoms with van der Waals surface area (Å²) < 4.78 is 3.74. The molecule has 208 valence electrons. The van der Waals surface area contributed by atoms with Gasteiger partial charge >= 0.3 is 0 Å². The monoisotopic (exact) mass is 548 g/mol. The van der Waals surface area contributed by atoms with Crippen molar-refractivity contribution < 1.29 is 14.7 Å². The van der Waals surface area contributed by atoms with Gasteiger partial charge in [-0.05, 0) is 55.2 Å². The van der Waals surface area contributed by atoms with E-state index in [1.165, 1.54) is 0 Å². The molecule has 2 aromatic heterocycles. The second kappa shape index (κ2) is 9.55. The lowest BCUT2D eigenvalue weighted by atomic mass is 9.68. The molecule has 1 amide bonds. The van der Waals surface area contributed by atoms with Gasteiger partial charge in [0.1, 0.15) is 17.4 Å². The second-order valence-electron chi connectivity index (χ2n) is 11.4. The number of phenolic OH excluding ortho intramolecular Hbond substituents is 1. The molecule has 9 nitrogen and oxygen atoms in total. The predicted octanol–water partition coefficient (Wildman–Crippen LogP) is 4.58. The van der Waals surface area contributed by atoms with E-state index in [1.807, 2.05) is 84.9 Å². The van der Waals surface area contributed by atoms with E-state index in [9.17, 15) is 14.7 Å². The number of carbonyl (C=O) groups is 2. The second-order valence-corrected chi connectivity index (χ2v) is 11.4. The van der Waals surface area contributed by atoms with Crippen LogP contribution in [0.1, 0.15) is 43.9 Å². The number of primary amides is 1. The number of aromatic hydroxyl groups is 1. The van der Waals surface area contributed by atoms with E-state index in [0.717, 1.165) is 5.69 Å². The van der Waals surface area contributed by atoms with Crippen LogP contribution in [0.2, 0.25) is 0 Å². The van der Waals surface area contributed by atoms with Gasteiger partial charge in [0.2, 0.25) is 5.91 Å². The molecule has 0 bridgehead atoms. The lowest BCUT2D eigenvalue weighted by Gasteiger charge is -2.44. The van der Waals surface area contributed by atoms with Gasteiger partial charge in [0, 0.05) is 41.7 Å². The van der Waals surface area contributed by atoms with E-state index >= 15 is 0 Å². The van der Waals surface area contributed by atoms with E-state index in [2.05, 4.69) is 0 Å². The van der Waals surface area contributed by atoms with E-state index in [4.69, 9.17) is 16.6 Å². The Hall–Kier alpha value is -5.05. The zero-order chi connectivity index (χ0) is 29.1. The van der Waals surface area contributed by atoms with Crippen molar-refractivity contribution in [2.24, 2.45) is 16.9 Å². The summed E-state index contributed by atoms with van der Waals surface area (Å²) >= 11 is 0. The van der Waals surface area contributed by atoms with Crippen molar-refractivity contribution in [3.05, 3.63) is 113 Å². The molecule has 5 N–H and O–H groups in total. The van der Waals surface area contributed by atoms with E-state index in [1.54, 1.807) is 29.2 Å². The van der Waals surface area contributed by atoms with Crippen LogP contribution in [0.5, 0.6) is 5.75 Å². The highest BCUT2D eigenvalue weighted by atomic mass is 16.3. The Bertz CT molecular complexity index is 1740. The smallest absolute Gasteiger partial charge is 0.249 e. The molecule has 0 saturated carbocycles. The number of carbonyl (C=O) groups excluding carboxylic acids is 2. The van der Waals surface area contributed by atoms with Crippen LogP contribution in [-0.2, 0) is 9.59 Å². The summed E-state index contributed by atoms with van der Waals surface area (Å²) in [6, 6.07) is 20.1. The number of ketones is 1. The molecule has 1 unspecified atom stereocenters. The number of hydrogen-bond acceptors (Lipinski definition) is 6. The number of aryl methyl sites for hydroxylation is 1. The standard InChI is InChI=1S/C32H32N6O3/c1-19-25(31(36-14-7-8-15-36)38(35-19)20-10-5-4-6-11-20)27-26-23(17-32(2,3)18-24(26)40)37(29(33)28(27)30(34)41)21-12-9-13-22(39)16-21/h4-16,27,39H,17-18,33H2,1-3H3,(H2,34,41). The van der Waals surface area contributed by atoms with Gasteiger partial charge < -0.3 is 21.1 Å². The quantitative estimate of drug-likeness (QED) is 0.334. The molecule has 0 fully saturated rings. The topological polar surface area (TPSA) is 132 Å². The summed E-state index contributed by atoms with van der Waals surface area (Å²) in [7, 11) is 0. The number of anilines is 1. The predicted molar refractivity (Wildman–Crippen MR) is 156 cm³/mol. The minimum Gasteiger partial charge on any atom is -0.508 e. The van der Waals surface area contributed by atoms with Crippen LogP contribution in [0.15, 0.2) is 102 Å². The molecule has 0 radical (unpaired) electrons. The van der Waals surface area contributed by atoms with Crippen molar-refractivity contribution in [1.82, 2.24) is 14.3 Å². The van der Waals surface area contributed by atoms with Crippen LogP contribution in [0.4, 0.5) is 5.69 Å². The van der Waals surface area contributed by atoms with Gasteiger partial charge in [0.15, 0.2) is 5.78 Å². The first-order chi connectivity index (χ1) is 19.6. The maximum absolute atomic E-state index is 14.1. The Morgan fingerprint density at radius 1 is 1.00 bits per heavy atom. The minimum atomic E-state index is -0.838. The van der Waals surface area contributed by atoms with E-state index < -0.39 is 11.8 Å². The molecular weight excluding hydrogens is 516 g/mol. The Morgan fingerprint density at radius 2 is 1.68 bits per heavy atom. The lowest BCUT2D eigenvalue weighted by Crippen LogP contribution is -2.44. The average molecular weight is 549 g/mol. The summed E-state index contributed by atoms with van der Waals surface area (Å²) in [6.07, 6.45) is 4.63. The maximum atomic E-state index is 14.1. The number of Topliss-reactive ketones (excluding diaryl/α,β-unsaturated/α-hetero) is 1. The van der Waals surface area contributed by atoms with Gasteiger partial charge in [0.05, 0.1) is 28.6 Å². The molecule has 3 heterocycles. The molecule has 4 aromatic rings. The highest BCUT2D eigenvalue weighted by Crippen LogP contribution is 2.52. The summed E-state index contributed by atoms with van der Waals surface area (Å²) in [5.74, 6) is -0.797. The number of amides is 1. The van der Waals surface area contributed by atoms with Crippen molar-refractivity contribution in [2.75, 3.05) is 4.90 Å². The number of nitrogens with zero attached hydrogens (tertiary/aromatic N) is 4. The van der Waals surface area contributed by atoms with Crippen LogP contribution in [0.25, 0.3) is 11.5 Å². The van der Waals surface area contributed by atoms with Crippen molar-refractivity contribution in [3.63, 3.8) is 0 Å². The summed E-state index contributed by atoms with van der Waals surface area (Å²) in [4.78, 5) is 29.2.